The van der Waals surface area contributed by atoms with Gasteiger partial charge in [-0.2, -0.15) is 0 Å². The van der Waals surface area contributed by atoms with Crippen molar-refractivity contribution in [2.45, 2.75) is 13.0 Å². The average Bonchev–Trinajstić information content (AvgIpc) is 1.83. The Morgan fingerprint density at radius 1 is 1.67 bits per heavy atom. The number of aliphatic hydroxyl groups excluding tert-OH is 1. The fourth-order valence-corrected chi connectivity index (χ4v) is 0.724. The van der Waals surface area contributed by atoms with Gasteiger partial charge in [-0.05, 0) is 12.5 Å². The van der Waals surface area contributed by atoms with Crippen molar-refractivity contribution in [2.24, 2.45) is 0 Å². The summed E-state index contributed by atoms with van der Waals surface area (Å²) in [7, 11) is 0. The van der Waals surface area contributed by atoms with Crippen molar-refractivity contribution in [2.75, 3.05) is 0 Å². The summed E-state index contributed by atoms with van der Waals surface area (Å²) in [6.45, 7) is 1.81. The van der Waals surface area contributed by atoms with Gasteiger partial charge in [0.25, 0.3) is 0 Å². The van der Waals surface area contributed by atoms with Crippen LogP contribution in [-0.4, -0.2) is 16.9 Å². The van der Waals surface area contributed by atoms with E-state index in [1.165, 1.54) is 0 Å². The molecule has 0 fully saturated rings. The lowest BCUT2D eigenvalue weighted by atomic mass is 10.0. The third kappa shape index (κ3) is 1.08. The lowest BCUT2D eigenvalue weighted by Gasteiger charge is -2.10. The molecule has 0 bridgehead atoms. The molecule has 2 N–H and O–H groups in total. The van der Waals surface area contributed by atoms with E-state index in [2.05, 4.69) is 0 Å². The third-order valence-electron chi connectivity index (χ3n) is 1.36. The standard InChI is InChI=1S/C7H9NO/c1-5-3-2-4-6(9)7(5)8/h2-4,6,8-9H,1H3. The molecule has 0 aromatic heterocycles. The van der Waals surface area contributed by atoms with E-state index in [1.807, 2.05) is 13.0 Å². The van der Waals surface area contributed by atoms with Gasteiger partial charge in [-0.1, -0.05) is 18.2 Å². The molecular formula is C7H9NO. The third-order valence-corrected chi connectivity index (χ3v) is 1.36. The highest BCUT2D eigenvalue weighted by Crippen LogP contribution is 2.06. The largest absolute Gasteiger partial charge is 0.383 e. The van der Waals surface area contributed by atoms with Gasteiger partial charge in [0.2, 0.25) is 0 Å². The molecule has 1 aliphatic rings. The SMILES string of the molecule is CC1=CC=CC(O)C1=N. The minimum atomic E-state index is -0.685. The molecule has 0 radical (unpaired) electrons. The summed E-state index contributed by atoms with van der Waals surface area (Å²) in [6.07, 6.45) is 4.48. The van der Waals surface area contributed by atoms with Crippen LogP contribution in [0.2, 0.25) is 0 Å². The van der Waals surface area contributed by atoms with E-state index in [1.54, 1.807) is 12.2 Å². The van der Waals surface area contributed by atoms with Crippen molar-refractivity contribution in [3.05, 3.63) is 23.8 Å². The summed E-state index contributed by atoms with van der Waals surface area (Å²) >= 11 is 0. The maximum Gasteiger partial charge on any atom is 0.114 e. The monoisotopic (exact) mass is 123 g/mol. The molecule has 0 saturated carbocycles. The Labute approximate surface area is 54.0 Å². The normalized spacial score (nSPS) is 26.2. The van der Waals surface area contributed by atoms with Gasteiger partial charge in [-0.15, -0.1) is 0 Å². The zero-order valence-electron chi connectivity index (χ0n) is 5.26. The van der Waals surface area contributed by atoms with Gasteiger partial charge < -0.3 is 10.5 Å². The van der Waals surface area contributed by atoms with Gasteiger partial charge in [0, 0.05) is 0 Å². The molecule has 1 unspecified atom stereocenters. The first-order chi connectivity index (χ1) is 4.22. The summed E-state index contributed by atoms with van der Waals surface area (Å²) in [5, 5.41) is 16.2. The van der Waals surface area contributed by atoms with Gasteiger partial charge in [0.15, 0.2) is 0 Å². The Bertz CT molecular complexity index is 191. The van der Waals surface area contributed by atoms with E-state index in [4.69, 9.17) is 10.5 Å². The van der Waals surface area contributed by atoms with Crippen molar-refractivity contribution < 1.29 is 5.11 Å². The smallest absolute Gasteiger partial charge is 0.114 e. The molecule has 1 atom stereocenters. The average molecular weight is 123 g/mol. The van der Waals surface area contributed by atoms with E-state index in [0.29, 0.717) is 5.71 Å². The Kier molecular flexibility index (Phi) is 1.49. The van der Waals surface area contributed by atoms with Crippen LogP contribution in [0, 0.1) is 5.41 Å². The van der Waals surface area contributed by atoms with Crippen molar-refractivity contribution >= 4 is 5.71 Å². The summed E-state index contributed by atoms with van der Waals surface area (Å²) in [4.78, 5) is 0. The van der Waals surface area contributed by atoms with E-state index in [0.717, 1.165) is 5.57 Å². The number of nitrogens with one attached hydrogen (secondary N) is 1. The quantitative estimate of drug-likeness (QED) is 0.493. The zero-order valence-corrected chi connectivity index (χ0v) is 5.26. The Morgan fingerprint density at radius 2 is 2.33 bits per heavy atom. The first-order valence-corrected chi connectivity index (χ1v) is 2.84. The Morgan fingerprint density at radius 3 is 2.78 bits per heavy atom. The second kappa shape index (κ2) is 2.15. The summed E-state index contributed by atoms with van der Waals surface area (Å²) in [5.41, 5.74) is 1.14. The molecule has 0 heterocycles. The van der Waals surface area contributed by atoms with Crippen LogP contribution in [-0.2, 0) is 0 Å². The second-order valence-corrected chi connectivity index (χ2v) is 2.09. The lowest BCUT2D eigenvalue weighted by Crippen LogP contribution is -2.19. The molecule has 1 rings (SSSR count). The summed E-state index contributed by atoms with van der Waals surface area (Å²) in [6, 6.07) is 0. The molecule has 48 valence electrons. The minimum absolute atomic E-state index is 0.303. The van der Waals surface area contributed by atoms with Gasteiger partial charge in [0.05, 0.1) is 5.71 Å². The predicted octanol–water partition coefficient (Wildman–Crippen LogP) is 0.883. The maximum atomic E-state index is 9.00. The molecule has 2 nitrogen and oxygen atoms in total. The molecular weight excluding hydrogens is 114 g/mol. The van der Waals surface area contributed by atoms with Crippen molar-refractivity contribution in [1.82, 2.24) is 0 Å². The van der Waals surface area contributed by atoms with Crippen molar-refractivity contribution in [1.29, 1.82) is 5.41 Å². The van der Waals surface area contributed by atoms with Crippen LogP contribution in [0.25, 0.3) is 0 Å². The lowest BCUT2D eigenvalue weighted by molar-refractivity contribution is 0.287. The fourth-order valence-electron chi connectivity index (χ4n) is 0.724. The number of allylic oxidation sites excluding steroid dienone is 2. The van der Waals surface area contributed by atoms with Crippen LogP contribution in [0.15, 0.2) is 23.8 Å². The van der Waals surface area contributed by atoms with E-state index >= 15 is 0 Å². The van der Waals surface area contributed by atoms with Crippen LogP contribution in [0.1, 0.15) is 6.92 Å². The Hall–Kier alpha value is -0.890. The van der Waals surface area contributed by atoms with Gasteiger partial charge >= 0.3 is 0 Å². The summed E-state index contributed by atoms with van der Waals surface area (Å²) in [5.74, 6) is 0. The molecule has 0 aliphatic heterocycles. The topological polar surface area (TPSA) is 44.1 Å². The Balaban J connectivity index is 2.86. The highest BCUT2D eigenvalue weighted by Gasteiger charge is 2.10. The molecule has 0 aromatic carbocycles. The number of hydrogen-bond donors (Lipinski definition) is 2. The van der Waals surface area contributed by atoms with Crippen molar-refractivity contribution in [3.8, 4) is 0 Å². The highest BCUT2D eigenvalue weighted by atomic mass is 16.3. The van der Waals surface area contributed by atoms with Gasteiger partial charge in [-0.25, -0.2) is 0 Å². The first-order valence-electron chi connectivity index (χ1n) is 2.84. The number of hydrogen-bond acceptors (Lipinski definition) is 2. The second-order valence-electron chi connectivity index (χ2n) is 2.09. The van der Waals surface area contributed by atoms with Crippen LogP contribution in [0.3, 0.4) is 0 Å². The van der Waals surface area contributed by atoms with E-state index < -0.39 is 6.10 Å². The van der Waals surface area contributed by atoms with Crippen LogP contribution in [0.5, 0.6) is 0 Å². The van der Waals surface area contributed by atoms with Crippen LogP contribution in [0.4, 0.5) is 0 Å². The number of rotatable bonds is 0. The first kappa shape index (κ1) is 6.23. The highest BCUT2D eigenvalue weighted by molar-refractivity contribution is 6.02. The molecule has 2 heteroatoms. The minimum Gasteiger partial charge on any atom is -0.383 e. The summed E-state index contributed by atoms with van der Waals surface area (Å²) < 4.78 is 0. The predicted molar refractivity (Wildman–Crippen MR) is 36.6 cm³/mol. The molecule has 9 heavy (non-hydrogen) atoms. The maximum absolute atomic E-state index is 9.00. The van der Waals surface area contributed by atoms with Crippen molar-refractivity contribution in [3.63, 3.8) is 0 Å². The number of aliphatic hydroxyl groups is 1. The molecule has 0 aromatic rings. The fraction of sp³-hybridized carbons (Fsp3) is 0.286. The van der Waals surface area contributed by atoms with Gasteiger partial charge in [-0.3, -0.25) is 0 Å². The molecule has 0 saturated heterocycles. The van der Waals surface area contributed by atoms with E-state index in [-0.39, 0.29) is 0 Å². The van der Waals surface area contributed by atoms with Crippen LogP contribution >= 0.6 is 0 Å². The molecule has 1 aliphatic carbocycles. The molecule has 0 amide bonds. The molecule has 0 spiro atoms. The van der Waals surface area contributed by atoms with Crippen LogP contribution < -0.4 is 0 Å². The van der Waals surface area contributed by atoms with E-state index in [9.17, 15) is 0 Å². The zero-order chi connectivity index (χ0) is 6.85. The van der Waals surface area contributed by atoms with Gasteiger partial charge in [0.1, 0.15) is 6.10 Å².